The first-order chi connectivity index (χ1) is 15.3. The van der Waals surface area contributed by atoms with Crippen LogP contribution in [0.4, 0.5) is 5.69 Å². The van der Waals surface area contributed by atoms with Crippen molar-refractivity contribution in [3.8, 4) is 11.5 Å². The summed E-state index contributed by atoms with van der Waals surface area (Å²) in [5.74, 6) is 0.276. The molecule has 1 heterocycles. The number of esters is 1. The number of halogens is 2. The van der Waals surface area contributed by atoms with E-state index in [2.05, 4.69) is 4.98 Å². The molecule has 0 saturated heterocycles. The number of carbonyl (C=O) groups excluding carboxylic acids is 1. The van der Waals surface area contributed by atoms with Gasteiger partial charge in [0.2, 0.25) is 0 Å². The van der Waals surface area contributed by atoms with Crippen LogP contribution < -0.4 is 9.47 Å². The fourth-order valence-corrected chi connectivity index (χ4v) is 3.20. The lowest BCUT2D eigenvalue weighted by molar-refractivity contribution is -0.384. The van der Waals surface area contributed by atoms with Gasteiger partial charge >= 0.3 is 5.97 Å². The number of aromatic nitrogens is 1. The lowest BCUT2D eigenvalue weighted by Gasteiger charge is -2.13. The van der Waals surface area contributed by atoms with E-state index in [4.69, 9.17) is 37.4 Å². The molecular weight excluding hydrogens is 459 g/mol. The van der Waals surface area contributed by atoms with E-state index in [1.807, 2.05) is 0 Å². The standard InChI is InChI=1S/C22H16Cl2N2O6/c1-30-19-8-5-14(9-21(19)31-2)20(10-16-17(23)11-25-12-18(16)24)32-22(27)13-3-6-15(7-4-13)26(28)29/h3-12H,1-2H3/b20-10+. The number of pyridine rings is 1. The van der Waals surface area contributed by atoms with Gasteiger partial charge in [-0.25, -0.2) is 4.79 Å². The highest BCUT2D eigenvalue weighted by Crippen LogP contribution is 2.34. The average Bonchev–Trinajstić information content (AvgIpc) is 2.80. The Balaban J connectivity index is 2.05. The number of nitro groups is 1. The monoisotopic (exact) mass is 474 g/mol. The highest BCUT2D eigenvalue weighted by Gasteiger charge is 2.17. The maximum atomic E-state index is 12.8. The molecule has 0 spiro atoms. The lowest BCUT2D eigenvalue weighted by Crippen LogP contribution is -2.05. The molecule has 0 atom stereocenters. The average molecular weight is 475 g/mol. The van der Waals surface area contributed by atoms with Gasteiger partial charge in [0.05, 0.1) is 34.8 Å². The summed E-state index contributed by atoms with van der Waals surface area (Å²) in [5.41, 5.74) is 0.841. The number of non-ortho nitro benzene ring substituents is 1. The number of nitro benzene ring substituents is 1. The maximum Gasteiger partial charge on any atom is 0.343 e. The van der Waals surface area contributed by atoms with E-state index < -0.39 is 10.9 Å². The van der Waals surface area contributed by atoms with Gasteiger partial charge in [-0.1, -0.05) is 23.2 Å². The van der Waals surface area contributed by atoms with Crippen LogP contribution >= 0.6 is 23.2 Å². The number of hydrogen-bond donors (Lipinski definition) is 0. The normalized spacial score (nSPS) is 11.1. The second kappa shape index (κ2) is 10.1. The highest BCUT2D eigenvalue weighted by atomic mass is 35.5. The predicted octanol–water partition coefficient (Wildman–Crippen LogP) is 5.67. The molecule has 0 amide bonds. The minimum Gasteiger partial charge on any atom is -0.493 e. The molecule has 0 saturated carbocycles. The van der Waals surface area contributed by atoms with Gasteiger partial charge in [-0.05, 0) is 36.4 Å². The third-order valence-corrected chi connectivity index (χ3v) is 4.95. The van der Waals surface area contributed by atoms with Crippen LogP contribution in [0.25, 0.3) is 11.8 Å². The summed E-state index contributed by atoms with van der Waals surface area (Å²) in [5, 5.41) is 11.4. The van der Waals surface area contributed by atoms with Crippen molar-refractivity contribution in [1.82, 2.24) is 4.98 Å². The van der Waals surface area contributed by atoms with Gasteiger partial charge in [-0.15, -0.1) is 0 Å². The van der Waals surface area contributed by atoms with Gasteiger partial charge in [0.25, 0.3) is 5.69 Å². The van der Waals surface area contributed by atoms with Crippen molar-refractivity contribution < 1.29 is 23.9 Å². The van der Waals surface area contributed by atoms with Crippen LogP contribution in [0, 0.1) is 10.1 Å². The SMILES string of the molecule is COc1ccc(/C(=C\c2c(Cl)cncc2Cl)OC(=O)c2ccc([N+](=O)[O-])cc2)cc1OC. The van der Waals surface area contributed by atoms with E-state index in [0.29, 0.717) is 22.6 Å². The maximum absolute atomic E-state index is 12.8. The van der Waals surface area contributed by atoms with Crippen LogP contribution in [0.1, 0.15) is 21.5 Å². The molecule has 32 heavy (non-hydrogen) atoms. The molecular formula is C22H16Cl2N2O6. The van der Waals surface area contributed by atoms with Gasteiger partial charge in [0, 0.05) is 35.7 Å². The van der Waals surface area contributed by atoms with E-state index in [1.165, 1.54) is 57.0 Å². The lowest BCUT2D eigenvalue weighted by atomic mass is 10.1. The minimum absolute atomic E-state index is 0.115. The summed E-state index contributed by atoms with van der Waals surface area (Å²) in [6.45, 7) is 0. The third-order valence-electron chi connectivity index (χ3n) is 4.35. The Morgan fingerprint density at radius 3 is 2.12 bits per heavy atom. The first-order valence-corrected chi connectivity index (χ1v) is 9.79. The van der Waals surface area contributed by atoms with Gasteiger partial charge in [-0.3, -0.25) is 15.1 Å². The van der Waals surface area contributed by atoms with Crippen LogP contribution in [-0.4, -0.2) is 30.1 Å². The molecule has 0 radical (unpaired) electrons. The van der Waals surface area contributed by atoms with Crippen LogP contribution in [0.15, 0.2) is 54.9 Å². The Morgan fingerprint density at radius 1 is 0.969 bits per heavy atom. The molecule has 3 rings (SSSR count). The fourth-order valence-electron chi connectivity index (χ4n) is 2.73. The van der Waals surface area contributed by atoms with Crippen molar-refractivity contribution >= 4 is 46.7 Å². The van der Waals surface area contributed by atoms with E-state index >= 15 is 0 Å². The van der Waals surface area contributed by atoms with Crippen molar-refractivity contribution in [2.75, 3.05) is 14.2 Å². The van der Waals surface area contributed by atoms with Crippen LogP contribution in [0.2, 0.25) is 10.0 Å². The number of nitrogens with zero attached hydrogens (tertiary/aromatic N) is 2. The van der Waals surface area contributed by atoms with Gasteiger partial charge < -0.3 is 14.2 Å². The molecule has 0 N–H and O–H groups in total. The molecule has 0 aliphatic heterocycles. The zero-order chi connectivity index (χ0) is 23.3. The van der Waals surface area contributed by atoms with E-state index in [-0.39, 0.29) is 27.1 Å². The topological polar surface area (TPSA) is 101 Å². The zero-order valence-corrected chi connectivity index (χ0v) is 18.4. The summed E-state index contributed by atoms with van der Waals surface area (Å²) in [6, 6.07) is 9.98. The summed E-state index contributed by atoms with van der Waals surface area (Å²) in [6.07, 6.45) is 4.31. The van der Waals surface area contributed by atoms with Crippen molar-refractivity contribution in [1.29, 1.82) is 0 Å². The Labute approximate surface area is 193 Å². The fraction of sp³-hybridized carbons (Fsp3) is 0.0909. The second-order valence-electron chi connectivity index (χ2n) is 6.29. The Hall–Kier alpha value is -3.62. The van der Waals surface area contributed by atoms with E-state index in [0.717, 1.165) is 0 Å². The van der Waals surface area contributed by atoms with Gasteiger partial charge in [-0.2, -0.15) is 0 Å². The Kier molecular flexibility index (Phi) is 7.29. The summed E-state index contributed by atoms with van der Waals surface area (Å²) in [7, 11) is 2.98. The van der Waals surface area contributed by atoms with Crippen LogP contribution in [0.5, 0.6) is 11.5 Å². The molecule has 10 heteroatoms. The first kappa shape index (κ1) is 23.1. The number of hydrogen-bond acceptors (Lipinski definition) is 7. The Morgan fingerprint density at radius 2 is 1.56 bits per heavy atom. The minimum atomic E-state index is -0.734. The van der Waals surface area contributed by atoms with Gasteiger partial charge in [0.1, 0.15) is 5.76 Å². The molecule has 0 unspecified atom stereocenters. The molecule has 0 aliphatic carbocycles. The molecule has 0 fully saturated rings. The number of carbonyl (C=O) groups is 1. The predicted molar refractivity (Wildman–Crippen MR) is 120 cm³/mol. The first-order valence-electron chi connectivity index (χ1n) is 9.03. The van der Waals surface area contributed by atoms with Gasteiger partial charge in [0.15, 0.2) is 11.5 Å². The Bertz CT molecular complexity index is 1180. The second-order valence-corrected chi connectivity index (χ2v) is 7.10. The summed E-state index contributed by atoms with van der Waals surface area (Å²) < 4.78 is 16.2. The quantitative estimate of drug-likeness (QED) is 0.188. The number of methoxy groups -OCH3 is 2. The molecule has 1 aromatic heterocycles. The zero-order valence-electron chi connectivity index (χ0n) is 16.9. The smallest absolute Gasteiger partial charge is 0.343 e. The molecule has 2 aromatic carbocycles. The summed E-state index contributed by atoms with van der Waals surface area (Å²) >= 11 is 12.5. The number of rotatable bonds is 7. The molecule has 0 bridgehead atoms. The molecule has 164 valence electrons. The summed E-state index contributed by atoms with van der Waals surface area (Å²) in [4.78, 5) is 27.0. The van der Waals surface area contributed by atoms with Crippen LogP contribution in [0.3, 0.4) is 0 Å². The van der Waals surface area contributed by atoms with E-state index in [1.54, 1.807) is 18.2 Å². The third kappa shape index (κ3) is 5.16. The largest absolute Gasteiger partial charge is 0.493 e. The van der Waals surface area contributed by atoms with Crippen LogP contribution in [-0.2, 0) is 4.74 Å². The highest BCUT2D eigenvalue weighted by molar-refractivity contribution is 6.37. The van der Waals surface area contributed by atoms with Crippen molar-refractivity contribution in [2.24, 2.45) is 0 Å². The molecule has 8 nitrogen and oxygen atoms in total. The number of ether oxygens (including phenoxy) is 3. The van der Waals surface area contributed by atoms with Crippen molar-refractivity contribution in [3.63, 3.8) is 0 Å². The number of benzene rings is 2. The van der Waals surface area contributed by atoms with E-state index in [9.17, 15) is 14.9 Å². The van der Waals surface area contributed by atoms with Crippen molar-refractivity contribution in [2.45, 2.75) is 0 Å². The van der Waals surface area contributed by atoms with Crippen molar-refractivity contribution in [3.05, 3.63) is 91.7 Å². The molecule has 0 aliphatic rings. The molecule has 3 aromatic rings.